The second-order valence-electron chi connectivity index (χ2n) is 7.63. The Labute approximate surface area is 166 Å². The van der Waals surface area contributed by atoms with Gasteiger partial charge in [0.25, 0.3) is 0 Å². The number of hydrogen-bond acceptors (Lipinski definition) is 4. The summed E-state index contributed by atoms with van der Waals surface area (Å²) in [6.07, 6.45) is 3.98. The molecule has 2 heterocycles. The molecule has 1 fully saturated rings. The largest absolute Gasteiger partial charge is 0.355 e. The smallest absolute Gasteiger partial charge is 0.191 e. The van der Waals surface area contributed by atoms with Gasteiger partial charge in [0.2, 0.25) is 0 Å². The molecule has 0 aliphatic carbocycles. The molecule has 6 heteroatoms. The minimum absolute atomic E-state index is 0.125. The monoisotopic (exact) mass is 385 g/mol. The van der Waals surface area contributed by atoms with Crippen LogP contribution in [0.15, 0.2) is 40.7 Å². The molecular formula is C21H31N5S. The topological polar surface area (TPSA) is 52.6 Å². The van der Waals surface area contributed by atoms with Gasteiger partial charge >= 0.3 is 0 Å². The first-order valence-corrected chi connectivity index (χ1v) is 10.7. The zero-order valence-corrected chi connectivity index (χ0v) is 17.5. The highest BCUT2D eigenvalue weighted by Crippen LogP contribution is 2.22. The van der Waals surface area contributed by atoms with Crippen LogP contribution in [0.4, 0.5) is 0 Å². The van der Waals surface area contributed by atoms with Crippen molar-refractivity contribution in [2.45, 2.75) is 45.2 Å². The maximum atomic E-state index is 4.73. The zero-order chi connectivity index (χ0) is 19.1. The molecule has 27 heavy (non-hydrogen) atoms. The lowest BCUT2D eigenvalue weighted by molar-refractivity contribution is 0.0982. The fourth-order valence-electron chi connectivity index (χ4n) is 3.42. The standard InChI is InChI=1S/C21H31N5S/c1-21(2,26-12-8-5-9-13-26)16-24-20(22-3)23-14-19-25-18(15-27-19)17-10-6-4-7-11-17/h4,6-7,10-11,15H,5,8-9,12-14,16H2,1-3H3,(H2,22,23,24). The van der Waals surface area contributed by atoms with Gasteiger partial charge in [-0.25, -0.2) is 4.98 Å². The summed E-state index contributed by atoms with van der Waals surface area (Å²) in [4.78, 5) is 11.7. The predicted octanol–water partition coefficient (Wildman–Crippen LogP) is 3.74. The number of rotatable bonds is 6. The van der Waals surface area contributed by atoms with E-state index in [1.165, 1.54) is 32.4 Å². The summed E-state index contributed by atoms with van der Waals surface area (Å²) < 4.78 is 0. The van der Waals surface area contributed by atoms with Crippen molar-refractivity contribution in [1.82, 2.24) is 20.5 Å². The van der Waals surface area contributed by atoms with Crippen molar-refractivity contribution in [3.63, 3.8) is 0 Å². The minimum atomic E-state index is 0.125. The maximum Gasteiger partial charge on any atom is 0.191 e. The molecule has 1 saturated heterocycles. The van der Waals surface area contributed by atoms with Crippen LogP contribution >= 0.6 is 11.3 Å². The third-order valence-corrected chi connectivity index (χ3v) is 6.00. The van der Waals surface area contributed by atoms with Crippen molar-refractivity contribution < 1.29 is 0 Å². The molecule has 2 aromatic rings. The van der Waals surface area contributed by atoms with Crippen molar-refractivity contribution in [3.8, 4) is 11.3 Å². The van der Waals surface area contributed by atoms with Crippen molar-refractivity contribution in [1.29, 1.82) is 0 Å². The first-order chi connectivity index (χ1) is 13.1. The van der Waals surface area contributed by atoms with E-state index in [4.69, 9.17) is 4.98 Å². The van der Waals surface area contributed by atoms with E-state index in [0.717, 1.165) is 28.8 Å². The molecule has 0 atom stereocenters. The van der Waals surface area contributed by atoms with E-state index in [2.05, 4.69) is 51.9 Å². The highest BCUT2D eigenvalue weighted by Gasteiger charge is 2.27. The lowest BCUT2D eigenvalue weighted by Gasteiger charge is -2.41. The molecule has 146 valence electrons. The van der Waals surface area contributed by atoms with Crippen molar-refractivity contribution in [2.24, 2.45) is 4.99 Å². The Bertz CT molecular complexity index is 732. The van der Waals surface area contributed by atoms with Gasteiger partial charge in [0.05, 0.1) is 12.2 Å². The second kappa shape index (κ2) is 9.33. The summed E-state index contributed by atoms with van der Waals surface area (Å²) in [5, 5.41) is 10.1. The van der Waals surface area contributed by atoms with Gasteiger partial charge in [-0.05, 0) is 39.8 Å². The fraction of sp³-hybridized carbons (Fsp3) is 0.524. The van der Waals surface area contributed by atoms with Crippen LogP contribution < -0.4 is 10.6 Å². The van der Waals surface area contributed by atoms with Crippen molar-refractivity contribution in [3.05, 3.63) is 40.7 Å². The number of aromatic nitrogens is 1. The van der Waals surface area contributed by atoms with Gasteiger partial charge in [0, 0.05) is 30.1 Å². The van der Waals surface area contributed by atoms with Crippen LogP contribution in [-0.4, -0.2) is 48.1 Å². The normalized spacial score (nSPS) is 16.3. The summed E-state index contributed by atoms with van der Waals surface area (Å²) in [5.41, 5.74) is 2.32. The van der Waals surface area contributed by atoms with E-state index in [-0.39, 0.29) is 5.54 Å². The molecule has 1 aliphatic rings. The minimum Gasteiger partial charge on any atom is -0.355 e. The van der Waals surface area contributed by atoms with Crippen LogP contribution in [0.25, 0.3) is 11.3 Å². The first kappa shape index (κ1) is 19.8. The third kappa shape index (κ3) is 5.53. The Balaban J connectivity index is 1.50. The van der Waals surface area contributed by atoms with Crippen molar-refractivity contribution >= 4 is 17.3 Å². The van der Waals surface area contributed by atoms with Crippen LogP contribution in [0, 0.1) is 0 Å². The molecule has 0 saturated carbocycles. The Kier molecular flexibility index (Phi) is 6.85. The highest BCUT2D eigenvalue weighted by molar-refractivity contribution is 7.09. The lowest BCUT2D eigenvalue weighted by Crippen LogP contribution is -2.54. The Hall–Kier alpha value is -1.92. The van der Waals surface area contributed by atoms with E-state index in [1.54, 1.807) is 11.3 Å². The molecule has 0 amide bonds. The number of nitrogens with zero attached hydrogens (tertiary/aromatic N) is 3. The number of piperidine rings is 1. The zero-order valence-electron chi connectivity index (χ0n) is 16.7. The van der Waals surface area contributed by atoms with Gasteiger partial charge in [0.15, 0.2) is 5.96 Å². The summed E-state index contributed by atoms with van der Waals surface area (Å²) in [7, 11) is 1.82. The van der Waals surface area contributed by atoms with Gasteiger partial charge in [-0.2, -0.15) is 0 Å². The molecule has 3 rings (SSSR count). The molecule has 0 unspecified atom stereocenters. The van der Waals surface area contributed by atoms with Gasteiger partial charge in [-0.3, -0.25) is 9.89 Å². The molecular weight excluding hydrogens is 354 g/mol. The number of benzene rings is 1. The number of nitrogens with one attached hydrogen (secondary N) is 2. The highest BCUT2D eigenvalue weighted by atomic mass is 32.1. The number of thiazole rings is 1. The maximum absolute atomic E-state index is 4.73. The molecule has 2 N–H and O–H groups in total. The van der Waals surface area contributed by atoms with Gasteiger partial charge in [-0.15, -0.1) is 11.3 Å². The Morgan fingerprint density at radius 1 is 1.15 bits per heavy atom. The molecule has 1 aromatic carbocycles. The van der Waals surface area contributed by atoms with Crippen LogP contribution in [0.1, 0.15) is 38.1 Å². The van der Waals surface area contributed by atoms with Gasteiger partial charge < -0.3 is 10.6 Å². The molecule has 1 aliphatic heterocycles. The quantitative estimate of drug-likeness (QED) is 0.587. The SMILES string of the molecule is CN=C(NCc1nc(-c2ccccc2)cs1)NCC(C)(C)N1CCCCC1. The Morgan fingerprint density at radius 3 is 2.59 bits per heavy atom. The molecule has 0 bridgehead atoms. The van der Waals surface area contributed by atoms with E-state index < -0.39 is 0 Å². The average Bonchev–Trinajstić information content (AvgIpc) is 3.18. The van der Waals surface area contributed by atoms with Crippen LogP contribution in [-0.2, 0) is 6.54 Å². The summed E-state index contributed by atoms with van der Waals surface area (Å²) >= 11 is 1.68. The van der Waals surface area contributed by atoms with E-state index in [1.807, 2.05) is 25.2 Å². The van der Waals surface area contributed by atoms with Gasteiger partial charge in [-0.1, -0.05) is 36.8 Å². The van der Waals surface area contributed by atoms with Crippen LogP contribution in [0.3, 0.4) is 0 Å². The van der Waals surface area contributed by atoms with E-state index >= 15 is 0 Å². The molecule has 5 nitrogen and oxygen atoms in total. The average molecular weight is 386 g/mol. The molecule has 0 radical (unpaired) electrons. The molecule has 0 spiro atoms. The summed E-state index contributed by atoms with van der Waals surface area (Å²) in [6, 6.07) is 10.3. The number of guanidine groups is 1. The third-order valence-electron chi connectivity index (χ3n) is 5.15. The summed E-state index contributed by atoms with van der Waals surface area (Å²) in [5.74, 6) is 0.830. The van der Waals surface area contributed by atoms with Crippen molar-refractivity contribution in [2.75, 3.05) is 26.7 Å². The lowest BCUT2D eigenvalue weighted by atomic mass is 9.98. The van der Waals surface area contributed by atoms with E-state index in [9.17, 15) is 0 Å². The predicted molar refractivity (Wildman–Crippen MR) is 115 cm³/mol. The fourth-order valence-corrected chi connectivity index (χ4v) is 4.17. The molecule has 1 aromatic heterocycles. The summed E-state index contributed by atoms with van der Waals surface area (Å²) in [6.45, 7) is 8.57. The van der Waals surface area contributed by atoms with Crippen LogP contribution in [0.2, 0.25) is 0 Å². The van der Waals surface area contributed by atoms with Crippen LogP contribution in [0.5, 0.6) is 0 Å². The number of aliphatic imine (C=N–C) groups is 1. The number of likely N-dealkylation sites (tertiary alicyclic amines) is 1. The van der Waals surface area contributed by atoms with Gasteiger partial charge in [0.1, 0.15) is 5.01 Å². The van der Waals surface area contributed by atoms with E-state index in [0.29, 0.717) is 6.54 Å². The number of hydrogen-bond donors (Lipinski definition) is 2. The second-order valence-corrected chi connectivity index (χ2v) is 8.57. The first-order valence-electron chi connectivity index (χ1n) is 9.78. The Morgan fingerprint density at radius 2 is 1.89 bits per heavy atom.